The summed E-state index contributed by atoms with van der Waals surface area (Å²) >= 11 is 0. The Hall–Kier alpha value is -0.660. The monoisotopic (exact) mass is 312 g/mol. The third-order valence-corrected chi connectivity index (χ3v) is 3.91. The lowest BCUT2D eigenvalue weighted by Gasteiger charge is -1.97. The first kappa shape index (κ1) is 23.6. The average molecular weight is 313 g/mol. The van der Waals surface area contributed by atoms with Crippen molar-refractivity contribution in [3.63, 3.8) is 0 Å². The van der Waals surface area contributed by atoms with Crippen LogP contribution >= 0.6 is 0 Å². The van der Waals surface area contributed by atoms with Crippen molar-refractivity contribution in [1.29, 1.82) is 0 Å². The van der Waals surface area contributed by atoms with Gasteiger partial charge in [-0.15, -0.1) is 0 Å². The minimum absolute atomic E-state index is 0.418. The molecule has 0 spiro atoms. The first-order chi connectivity index (χ1) is 10.6. The van der Waals surface area contributed by atoms with Crippen LogP contribution in [0.1, 0.15) is 118 Å². The van der Waals surface area contributed by atoms with Crippen LogP contribution in [-0.2, 0) is 9.59 Å². The molecule has 0 aliphatic rings. The minimum Gasteiger partial charge on any atom is -0.300 e. The van der Waals surface area contributed by atoms with E-state index in [0.717, 1.165) is 25.7 Å². The molecule has 0 heterocycles. The molecule has 0 saturated heterocycles. The van der Waals surface area contributed by atoms with Gasteiger partial charge in [0, 0.05) is 25.7 Å². The van der Waals surface area contributed by atoms with Crippen LogP contribution in [0.15, 0.2) is 0 Å². The van der Waals surface area contributed by atoms with Crippen molar-refractivity contribution >= 4 is 11.6 Å². The molecule has 0 fully saturated rings. The van der Waals surface area contributed by atoms with Crippen LogP contribution in [0.5, 0.6) is 0 Å². The van der Waals surface area contributed by atoms with E-state index in [9.17, 15) is 9.59 Å². The fourth-order valence-corrected chi connectivity index (χ4v) is 2.20. The topological polar surface area (TPSA) is 34.1 Å². The van der Waals surface area contributed by atoms with Crippen molar-refractivity contribution in [2.24, 2.45) is 0 Å². The van der Waals surface area contributed by atoms with Crippen LogP contribution in [0.2, 0.25) is 0 Å². The second-order valence-electron chi connectivity index (χ2n) is 6.11. The second-order valence-corrected chi connectivity index (χ2v) is 6.11. The highest BCUT2D eigenvalue weighted by molar-refractivity contribution is 5.78. The van der Waals surface area contributed by atoms with Gasteiger partial charge in [-0.1, -0.05) is 79.1 Å². The molecule has 0 radical (unpaired) electrons. The van der Waals surface area contributed by atoms with Gasteiger partial charge in [0.05, 0.1) is 0 Å². The number of unbranched alkanes of at least 4 members (excludes halogenated alkanes) is 8. The number of carbonyl (C=O) groups is 2. The molecule has 2 nitrogen and oxygen atoms in total. The Morgan fingerprint density at radius 1 is 0.500 bits per heavy atom. The van der Waals surface area contributed by atoms with Crippen LogP contribution < -0.4 is 0 Å². The van der Waals surface area contributed by atoms with Crippen molar-refractivity contribution in [3.05, 3.63) is 0 Å². The summed E-state index contributed by atoms with van der Waals surface area (Å²) in [5.41, 5.74) is 0. The highest BCUT2D eigenvalue weighted by Gasteiger charge is 1.97. The predicted molar refractivity (Wildman–Crippen MR) is 97.3 cm³/mol. The van der Waals surface area contributed by atoms with E-state index in [-0.39, 0.29) is 0 Å². The summed E-state index contributed by atoms with van der Waals surface area (Å²) in [5, 5.41) is 0. The zero-order valence-electron chi connectivity index (χ0n) is 15.7. The van der Waals surface area contributed by atoms with Crippen molar-refractivity contribution < 1.29 is 9.59 Å². The Kier molecular flexibility index (Phi) is 21.8. The van der Waals surface area contributed by atoms with Crippen molar-refractivity contribution in [3.8, 4) is 0 Å². The quantitative estimate of drug-likeness (QED) is 0.336. The van der Waals surface area contributed by atoms with Gasteiger partial charge >= 0.3 is 0 Å². The van der Waals surface area contributed by atoms with E-state index in [1.165, 1.54) is 51.4 Å². The van der Waals surface area contributed by atoms with Crippen molar-refractivity contribution in [2.45, 2.75) is 118 Å². The van der Waals surface area contributed by atoms with Crippen molar-refractivity contribution in [1.82, 2.24) is 0 Å². The first-order valence-electron chi connectivity index (χ1n) is 9.65. The summed E-state index contributed by atoms with van der Waals surface area (Å²) in [7, 11) is 0. The molecule has 132 valence electrons. The van der Waals surface area contributed by atoms with Crippen LogP contribution in [0.3, 0.4) is 0 Å². The molecule has 22 heavy (non-hydrogen) atoms. The van der Waals surface area contributed by atoms with Gasteiger partial charge in [-0.25, -0.2) is 0 Å². The smallest absolute Gasteiger partial charge is 0.132 e. The Morgan fingerprint density at radius 3 is 1.09 bits per heavy atom. The Balaban J connectivity index is 0. The molecule has 0 aromatic rings. The number of ketones is 2. The number of Topliss-reactive ketones (excluding diaryl/α,β-unsaturated/α-hetero) is 2. The third-order valence-electron chi connectivity index (χ3n) is 3.91. The maximum absolute atomic E-state index is 10.8. The van der Waals surface area contributed by atoms with Crippen LogP contribution in [0.25, 0.3) is 0 Å². The lowest BCUT2D eigenvalue weighted by Crippen LogP contribution is -1.93. The summed E-state index contributed by atoms with van der Waals surface area (Å²) in [6, 6.07) is 0. The van der Waals surface area contributed by atoms with E-state index in [4.69, 9.17) is 0 Å². The van der Waals surface area contributed by atoms with E-state index >= 15 is 0 Å². The Bertz CT molecular complexity index is 220. The summed E-state index contributed by atoms with van der Waals surface area (Å²) in [6.07, 6.45) is 15.5. The van der Waals surface area contributed by atoms with Gasteiger partial charge in [-0.3, -0.25) is 9.59 Å². The van der Waals surface area contributed by atoms with E-state index < -0.39 is 0 Å². The maximum Gasteiger partial charge on any atom is 0.132 e. The number of rotatable bonds is 14. The molecule has 2 heteroatoms. The Morgan fingerprint density at radius 2 is 0.818 bits per heavy atom. The fourth-order valence-electron chi connectivity index (χ4n) is 2.20. The molecule has 0 unspecified atom stereocenters. The largest absolute Gasteiger partial charge is 0.300 e. The van der Waals surface area contributed by atoms with Gasteiger partial charge < -0.3 is 0 Å². The van der Waals surface area contributed by atoms with E-state index in [1.807, 2.05) is 13.8 Å². The standard InChI is InChI=1S/2C10H20O/c2*1-3-5-6-7-8-9-10(11)4-2/h2*3-9H2,1-2H3. The van der Waals surface area contributed by atoms with Crippen molar-refractivity contribution in [2.75, 3.05) is 0 Å². The van der Waals surface area contributed by atoms with Gasteiger partial charge in [0.1, 0.15) is 11.6 Å². The van der Waals surface area contributed by atoms with Crippen LogP contribution in [-0.4, -0.2) is 11.6 Å². The van der Waals surface area contributed by atoms with Gasteiger partial charge in [0.25, 0.3) is 0 Å². The molecule has 0 aliphatic carbocycles. The first-order valence-corrected chi connectivity index (χ1v) is 9.65. The number of carbonyl (C=O) groups excluding carboxylic acids is 2. The van der Waals surface area contributed by atoms with E-state index in [0.29, 0.717) is 24.4 Å². The zero-order valence-corrected chi connectivity index (χ0v) is 15.7. The summed E-state index contributed by atoms with van der Waals surface area (Å²) < 4.78 is 0. The molecule has 0 rings (SSSR count). The molecule has 0 N–H and O–H groups in total. The SMILES string of the molecule is CCCCCCCC(=O)CC.CCCCCCCC(=O)CC. The predicted octanol–water partition coefficient (Wildman–Crippen LogP) is 6.65. The molecule has 0 aliphatic heterocycles. The van der Waals surface area contributed by atoms with Gasteiger partial charge in [-0.2, -0.15) is 0 Å². The third kappa shape index (κ3) is 21.6. The molecule has 0 atom stereocenters. The molecular formula is C20H40O2. The number of hydrogen-bond acceptors (Lipinski definition) is 2. The van der Waals surface area contributed by atoms with E-state index in [2.05, 4.69) is 13.8 Å². The normalized spacial score (nSPS) is 10.0. The summed E-state index contributed by atoms with van der Waals surface area (Å²) in [5.74, 6) is 0.836. The molecule has 0 bridgehead atoms. The maximum atomic E-state index is 10.8. The van der Waals surface area contributed by atoms with Gasteiger partial charge in [-0.05, 0) is 12.8 Å². The molecule has 0 amide bonds. The summed E-state index contributed by atoms with van der Waals surface area (Å²) in [4.78, 5) is 21.7. The van der Waals surface area contributed by atoms with Crippen LogP contribution in [0.4, 0.5) is 0 Å². The summed E-state index contributed by atoms with van der Waals surface area (Å²) in [6.45, 7) is 8.29. The van der Waals surface area contributed by atoms with E-state index in [1.54, 1.807) is 0 Å². The highest BCUT2D eigenvalue weighted by Crippen LogP contribution is 2.06. The zero-order chi connectivity index (χ0) is 17.1. The lowest BCUT2D eigenvalue weighted by molar-refractivity contribution is -0.119. The molecule has 0 saturated carbocycles. The Labute approximate surface area is 139 Å². The average Bonchev–Trinajstić information content (AvgIpc) is 2.54. The molecule has 0 aromatic carbocycles. The molecule has 0 aromatic heterocycles. The fraction of sp³-hybridized carbons (Fsp3) is 0.900. The molecular weight excluding hydrogens is 272 g/mol. The highest BCUT2D eigenvalue weighted by atomic mass is 16.1. The van der Waals surface area contributed by atoms with Gasteiger partial charge in [0.15, 0.2) is 0 Å². The number of hydrogen-bond donors (Lipinski definition) is 0. The minimum atomic E-state index is 0.418. The second kappa shape index (κ2) is 20.3. The van der Waals surface area contributed by atoms with Gasteiger partial charge in [0.2, 0.25) is 0 Å². The van der Waals surface area contributed by atoms with Crippen LogP contribution in [0, 0.1) is 0 Å². The lowest BCUT2D eigenvalue weighted by atomic mass is 10.1.